The molecule has 1 unspecified atom stereocenters. The van der Waals surface area contributed by atoms with E-state index in [1.807, 2.05) is 13.0 Å². The summed E-state index contributed by atoms with van der Waals surface area (Å²) >= 11 is 6.05. The molecule has 0 spiro atoms. The van der Waals surface area contributed by atoms with Crippen molar-refractivity contribution in [2.45, 2.75) is 19.9 Å². The number of benzene rings is 1. The zero-order valence-corrected chi connectivity index (χ0v) is 13.3. The first-order valence-corrected chi connectivity index (χ1v) is 7.38. The smallest absolute Gasteiger partial charge is 0.406 e. The number of halogens is 1. The lowest BCUT2D eigenvalue weighted by Crippen LogP contribution is -2.29. The molecule has 6 nitrogen and oxygen atoms in total. The first kappa shape index (κ1) is 15.3. The molecule has 0 aliphatic carbocycles. The van der Waals surface area contributed by atoms with Crippen LogP contribution in [0.2, 0.25) is 5.02 Å². The van der Waals surface area contributed by atoms with E-state index in [4.69, 9.17) is 16.0 Å². The molecule has 1 amide bonds. The van der Waals surface area contributed by atoms with Crippen molar-refractivity contribution in [2.24, 2.45) is 0 Å². The molecular weight excluding hydrogens is 318 g/mol. The van der Waals surface area contributed by atoms with Crippen LogP contribution in [0, 0.1) is 6.92 Å². The van der Waals surface area contributed by atoms with E-state index in [2.05, 4.69) is 10.3 Å². The number of carbonyl (C=O) groups excluding carboxylic acids is 1. The summed E-state index contributed by atoms with van der Waals surface area (Å²) in [4.78, 5) is 28.5. The zero-order valence-electron chi connectivity index (χ0n) is 12.5. The van der Waals surface area contributed by atoms with Crippen LogP contribution < -0.4 is 11.1 Å². The highest BCUT2D eigenvalue weighted by atomic mass is 35.5. The van der Waals surface area contributed by atoms with Crippen molar-refractivity contribution >= 4 is 34.4 Å². The second-order valence-corrected chi connectivity index (χ2v) is 5.60. The minimum absolute atomic E-state index is 0.335. The van der Waals surface area contributed by atoms with Gasteiger partial charge in [-0.15, -0.1) is 0 Å². The third-order valence-electron chi connectivity index (χ3n) is 3.58. The third kappa shape index (κ3) is 2.85. The van der Waals surface area contributed by atoms with Gasteiger partial charge in [0, 0.05) is 16.9 Å². The number of hydrogen-bond acceptors (Lipinski definition) is 4. The van der Waals surface area contributed by atoms with Crippen LogP contribution in [-0.2, 0) is 4.79 Å². The minimum atomic E-state index is -0.779. The second-order valence-electron chi connectivity index (χ2n) is 5.19. The Morgan fingerprint density at radius 3 is 2.91 bits per heavy atom. The lowest BCUT2D eigenvalue weighted by molar-refractivity contribution is -0.118. The van der Waals surface area contributed by atoms with Crippen molar-refractivity contribution in [2.75, 3.05) is 5.32 Å². The van der Waals surface area contributed by atoms with Crippen molar-refractivity contribution in [3.05, 3.63) is 57.7 Å². The molecule has 0 bridgehead atoms. The highest BCUT2D eigenvalue weighted by Crippen LogP contribution is 2.21. The minimum Gasteiger partial charge on any atom is -0.406 e. The highest BCUT2D eigenvalue weighted by molar-refractivity contribution is 6.31. The maximum Gasteiger partial charge on any atom is 0.421 e. The fourth-order valence-electron chi connectivity index (χ4n) is 2.25. The second kappa shape index (κ2) is 5.89. The highest BCUT2D eigenvalue weighted by Gasteiger charge is 2.22. The number of carbonyl (C=O) groups is 1. The lowest BCUT2D eigenvalue weighted by atomic mass is 10.2. The van der Waals surface area contributed by atoms with Gasteiger partial charge in [-0.1, -0.05) is 17.7 Å². The number of nitrogens with zero attached hydrogens (tertiary/aromatic N) is 2. The molecule has 2 aromatic heterocycles. The molecule has 0 aliphatic rings. The van der Waals surface area contributed by atoms with Crippen LogP contribution in [-0.4, -0.2) is 15.5 Å². The summed E-state index contributed by atoms with van der Waals surface area (Å²) in [5.41, 5.74) is 2.16. The molecule has 1 aromatic carbocycles. The summed E-state index contributed by atoms with van der Waals surface area (Å²) in [5, 5.41) is 3.30. The first-order valence-electron chi connectivity index (χ1n) is 7.00. The van der Waals surface area contributed by atoms with E-state index >= 15 is 0 Å². The lowest BCUT2D eigenvalue weighted by Gasteiger charge is -2.13. The molecule has 0 fully saturated rings. The molecule has 3 aromatic rings. The fourth-order valence-corrected chi connectivity index (χ4v) is 2.43. The van der Waals surface area contributed by atoms with Crippen molar-refractivity contribution in [3.63, 3.8) is 0 Å². The molecule has 2 heterocycles. The van der Waals surface area contributed by atoms with Crippen molar-refractivity contribution in [3.8, 4) is 0 Å². The predicted molar refractivity (Wildman–Crippen MR) is 87.8 cm³/mol. The topological polar surface area (TPSA) is 77.1 Å². The Kier molecular flexibility index (Phi) is 3.92. The SMILES string of the molecule is Cc1ccc(NC(=O)C(C)n2c(=O)oc3cccnc32)cc1Cl. The molecule has 1 N–H and O–H groups in total. The Morgan fingerprint density at radius 2 is 2.17 bits per heavy atom. The number of oxazole rings is 1. The van der Waals surface area contributed by atoms with Crippen LogP contribution in [0.15, 0.2) is 45.7 Å². The van der Waals surface area contributed by atoms with Gasteiger partial charge in [0.1, 0.15) is 6.04 Å². The molecule has 0 radical (unpaired) electrons. The van der Waals surface area contributed by atoms with E-state index in [1.54, 1.807) is 31.2 Å². The van der Waals surface area contributed by atoms with E-state index in [0.29, 0.717) is 21.9 Å². The number of aryl methyl sites for hydroxylation is 1. The normalized spacial score (nSPS) is 12.3. The van der Waals surface area contributed by atoms with Gasteiger partial charge in [-0.05, 0) is 43.7 Å². The molecule has 118 valence electrons. The Labute approximate surface area is 136 Å². The first-order chi connectivity index (χ1) is 11.0. The Morgan fingerprint density at radius 1 is 1.39 bits per heavy atom. The average Bonchev–Trinajstić information content (AvgIpc) is 2.86. The van der Waals surface area contributed by atoms with Gasteiger partial charge in [0.15, 0.2) is 11.2 Å². The van der Waals surface area contributed by atoms with Gasteiger partial charge in [0.05, 0.1) is 0 Å². The van der Waals surface area contributed by atoms with Gasteiger partial charge >= 0.3 is 5.76 Å². The van der Waals surface area contributed by atoms with Gasteiger partial charge in [-0.2, -0.15) is 0 Å². The number of nitrogens with one attached hydrogen (secondary N) is 1. The van der Waals surface area contributed by atoms with E-state index in [0.717, 1.165) is 5.56 Å². The average molecular weight is 332 g/mol. The van der Waals surface area contributed by atoms with Crippen molar-refractivity contribution in [1.82, 2.24) is 9.55 Å². The van der Waals surface area contributed by atoms with Crippen molar-refractivity contribution < 1.29 is 9.21 Å². The summed E-state index contributed by atoms with van der Waals surface area (Å²) in [5.74, 6) is -0.983. The zero-order chi connectivity index (χ0) is 16.6. The molecule has 7 heteroatoms. The van der Waals surface area contributed by atoms with Crippen LogP contribution in [0.3, 0.4) is 0 Å². The number of anilines is 1. The van der Waals surface area contributed by atoms with Crippen LogP contribution in [0.5, 0.6) is 0 Å². The van der Waals surface area contributed by atoms with Crippen LogP contribution in [0.25, 0.3) is 11.2 Å². The maximum atomic E-state index is 12.4. The molecule has 1 atom stereocenters. The molecule has 23 heavy (non-hydrogen) atoms. The van der Waals surface area contributed by atoms with Crippen LogP contribution >= 0.6 is 11.6 Å². The predicted octanol–water partition coefficient (Wildman–Crippen LogP) is 3.15. The van der Waals surface area contributed by atoms with Crippen LogP contribution in [0.4, 0.5) is 5.69 Å². The summed E-state index contributed by atoms with van der Waals surface area (Å²) in [6.45, 7) is 3.48. The maximum absolute atomic E-state index is 12.4. The standard InChI is InChI=1S/C16H14ClN3O3/c1-9-5-6-11(8-12(9)17)19-15(21)10(2)20-14-13(23-16(20)22)4-3-7-18-14/h3-8,10H,1-2H3,(H,19,21). The van der Waals surface area contributed by atoms with Gasteiger partial charge < -0.3 is 9.73 Å². The fraction of sp³-hybridized carbons (Fsp3) is 0.188. The number of hydrogen-bond donors (Lipinski definition) is 1. The largest absolute Gasteiger partial charge is 0.421 e. The molecule has 0 saturated carbocycles. The molecular formula is C16H14ClN3O3. The molecule has 3 rings (SSSR count). The van der Waals surface area contributed by atoms with Gasteiger partial charge in [-0.25, -0.2) is 14.3 Å². The quantitative estimate of drug-likeness (QED) is 0.799. The van der Waals surface area contributed by atoms with Gasteiger partial charge in [0.25, 0.3) is 0 Å². The van der Waals surface area contributed by atoms with Gasteiger partial charge in [-0.3, -0.25) is 4.79 Å². The van der Waals surface area contributed by atoms with E-state index in [9.17, 15) is 9.59 Å². The van der Waals surface area contributed by atoms with Crippen LogP contribution in [0.1, 0.15) is 18.5 Å². The van der Waals surface area contributed by atoms with E-state index < -0.39 is 11.8 Å². The number of fused-ring (bicyclic) bond motifs is 1. The summed E-state index contributed by atoms with van der Waals surface area (Å²) < 4.78 is 6.32. The summed E-state index contributed by atoms with van der Waals surface area (Å²) in [6, 6.07) is 7.73. The summed E-state index contributed by atoms with van der Waals surface area (Å²) in [7, 11) is 0. The molecule has 0 aliphatic heterocycles. The van der Waals surface area contributed by atoms with E-state index in [-0.39, 0.29) is 5.91 Å². The number of rotatable bonds is 3. The Bertz CT molecular complexity index is 945. The van der Waals surface area contributed by atoms with Crippen molar-refractivity contribution in [1.29, 1.82) is 0 Å². The Hall–Kier alpha value is -2.60. The van der Waals surface area contributed by atoms with Gasteiger partial charge in [0.2, 0.25) is 5.91 Å². The molecule has 0 saturated heterocycles. The monoisotopic (exact) mass is 331 g/mol. The number of amides is 1. The Balaban J connectivity index is 1.91. The van der Waals surface area contributed by atoms with E-state index in [1.165, 1.54) is 10.8 Å². The number of aromatic nitrogens is 2. The third-order valence-corrected chi connectivity index (χ3v) is 3.99. The number of pyridine rings is 1. The summed E-state index contributed by atoms with van der Waals surface area (Å²) in [6.07, 6.45) is 1.54.